The molecular weight excluding hydrogens is 371 g/mol. The Labute approximate surface area is 133 Å². The highest BCUT2D eigenvalue weighted by Gasteiger charge is 2.38. The van der Waals surface area contributed by atoms with E-state index < -0.39 is 15.8 Å². The van der Waals surface area contributed by atoms with Crippen molar-refractivity contribution in [3.63, 3.8) is 0 Å². The van der Waals surface area contributed by atoms with Crippen molar-refractivity contribution in [2.24, 2.45) is 11.7 Å². The topological polar surface area (TPSA) is 63.4 Å². The number of nitrogens with zero attached hydrogens (tertiary/aromatic N) is 1. The molecule has 1 unspecified atom stereocenters. The second-order valence-corrected chi connectivity index (χ2v) is 7.59. The van der Waals surface area contributed by atoms with Crippen molar-refractivity contribution >= 4 is 38.4 Å². The Balaban J connectivity index is 0.00000200. The standard InChI is InChI=1S/C12H16BrFN2O2S.ClH/c1-16(12(7-15)8-2-3-8)19(17,18)9-4-5-10(13)11(14)6-9;/h4-6,8,12H,2-3,7,15H2,1H3;1H. The molecule has 20 heavy (non-hydrogen) atoms. The number of hydrogen-bond donors (Lipinski definition) is 1. The molecule has 2 rings (SSSR count). The van der Waals surface area contributed by atoms with Gasteiger partial charge in [-0.05, 0) is 52.9 Å². The Morgan fingerprint density at radius 2 is 2.10 bits per heavy atom. The fourth-order valence-corrected chi connectivity index (χ4v) is 3.79. The third kappa shape index (κ3) is 3.51. The normalized spacial score (nSPS) is 16.9. The highest BCUT2D eigenvalue weighted by molar-refractivity contribution is 9.10. The van der Waals surface area contributed by atoms with E-state index in [1.54, 1.807) is 0 Å². The zero-order valence-corrected chi connectivity index (χ0v) is 14.1. The van der Waals surface area contributed by atoms with Crippen LogP contribution in [0.5, 0.6) is 0 Å². The lowest BCUT2D eigenvalue weighted by Crippen LogP contribution is -2.43. The maximum absolute atomic E-state index is 13.5. The largest absolute Gasteiger partial charge is 0.329 e. The van der Waals surface area contributed by atoms with Crippen LogP contribution >= 0.6 is 28.3 Å². The number of halogens is 3. The predicted molar refractivity (Wildman–Crippen MR) is 81.9 cm³/mol. The molecule has 0 aliphatic heterocycles. The van der Waals surface area contributed by atoms with E-state index in [1.165, 1.54) is 23.5 Å². The maximum atomic E-state index is 13.5. The molecule has 1 saturated carbocycles. The fourth-order valence-electron chi connectivity index (χ4n) is 2.10. The summed E-state index contributed by atoms with van der Waals surface area (Å²) in [5.41, 5.74) is 5.66. The summed E-state index contributed by atoms with van der Waals surface area (Å²) in [6.45, 7) is 0.277. The minimum atomic E-state index is -3.70. The lowest BCUT2D eigenvalue weighted by atomic mass is 10.2. The average Bonchev–Trinajstić information content (AvgIpc) is 3.17. The lowest BCUT2D eigenvalue weighted by Gasteiger charge is -2.26. The Kier molecular flexibility index (Phi) is 5.98. The van der Waals surface area contributed by atoms with Crippen LogP contribution in [0.2, 0.25) is 0 Å². The Morgan fingerprint density at radius 3 is 2.55 bits per heavy atom. The smallest absolute Gasteiger partial charge is 0.243 e. The van der Waals surface area contributed by atoms with Gasteiger partial charge in [0.25, 0.3) is 0 Å². The summed E-state index contributed by atoms with van der Waals surface area (Å²) in [7, 11) is -2.20. The highest BCUT2D eigenvalue weighted by atomic mass is 79.9. The third-order valence-electron chi connectivity index (χ3n) is 3.44. The van der Waals surface area contributed by atoms with Crippen molar-refractivity contribution in [2.45, 2.75) is 23.8 Å². The molecule has 0 aromatic heterocycles. The van der Waals surface area contributed by atoms with Gasteiger partial charge in [-0.2, -0.15) is 4.31 Å². The van der Waals surface area contributed by atoms with Crippen molar-refractivity contribution in [1.29, 1.82) is 0 Å². The molecule has 1 fully saturated rings. The molecule has 1 atom stereocenters. The van der Waals surface area contributed by atoms with E-state index in [9.17, 15) is 12.8 Å². The van der Waals surface area contributed by atoms with Gasteiger partial charge in [0.2, 0.25) is 10.0 Å². The first-order valence-corrected chi connectivity index (χ1v) is 8.24. The summed E-state index contributed by atoms with van der Waals surface area (Å²) in [6.07, 6.45) is 1.99. The maximum Gasteiger partial charge on any atom is 0.243 e. The van der Waals surface area contributed by atoms with Crippen molar-refractivity contribution in [3.8, 4) is 0 Å². The van der Waals surface area contributed by atoms with Gasteiger partial charge in [0.1, 0.15) is 5.82 Å². The van der Waals surface area contributed by atoms with E-state index in [0.29, 0.717) is 5.92 Å². The SMILES string of the molecule is CN(C(CN)C1CC1)S(=O)(=O)c1ccc(Br)c(F)c1.Cl. The summed E-state index contributed by atoms with van der Waals surface area (Å²) >= 11 is 3.01. The second-order valence-electron chi connectivity index (χ2n) is 4.74. The molecule has 1 aliphatic carbocycles. The molecule has 0 heterocycles. The molecule has 1 aromatic rings. The van der Waals surface area contributed by atoms with Crippen molar-refractivity contribution in [2.75, 3.05) is 13.6 Å². The predicted octanol–water partition coefficient (Wildman–Crippen LogP) is 2.37. The van der Waals surface area contributed by atoms with Gasteiger partial charge in [-0.1, -0.05) is 0 Å². The second kappa shape index (κ2) is 6.70. The number of benzene rings is 1. The highest BCUT2D eigenvalue weighted by Crippen LogP contribution is 2.36. The summed E-state index contributed by atoms with van der Waals surface area (Å²) in [6, 6.07) is 3.59. The summed E-state index contributed by atoms with van der Waals surface area (Å²) in [5, 5.41) is 0. The number of hydrogen-bond acceptors (Lipinski definition) is 3. The molecule has 0 radical (unpaired) electrons. The van der Waals surface area contributed by atoms with Gasteiger partial charge in [0, 0.05) is 19.6 Å². The van der Waals surface area contributed by atoms with Crippen LogP contribution in [0.15, 0.2) is 27.6 Å². The molecule has 2 N–H and O–H groups in total. The molecule has 1 aromatic carbocycles. The monoisotopic (exact) mass is 386 g/mol. The van der Waals surface area contributed by atoms with Crippen molar-refractivity contribution in [1.82, 2.24) is 4.31 Å². The third-order valence-corrected chi connectivity index (χ3v) is 5.96. The van der Waals surface area contributed by atoms with E-state index >= 15 is 0 Å². The van der Waals surface area contributed by atoms with E-state index in [0.717, 1.165) is 18.9 Å². The Morgan fingerprint density at radius 1 is 1.50 bits per heavy atom. The fraction of sp³-hybridized carbons (Fsp3) is 0.500. The van der Waals surface area contributed by atoms with Crippen molar-refractivity contribution in [3.05, 3.63) is 28.5 Å². The van der Waals surface area contributed by atoms with Crippen LogP contribution in [0.25, 0.3) is 0 Å². The van der Waals surface area contributed by atoms with Crippen LogP contribution in [0.4, 0.5) is 4.39 Å². The van der Waals surface area contributed by atoms with E-state index in [2.05, 4.69) is 15.9 Å². The number of likely N-dealkylation sites (N-methyl/N-ethyl adjacent to an activating group) is 1. The van der Waals surface area contributed by atoms with Gasteiger partial charge in [-0.15, -0.1) is 12.4 Å². The lowest BCUT2D eigenvalue weighted by molar-refractivity contribution is 0.340. The minimum absolute atomic E-state index is 0. The van der Waals surface area contributed by atoms with Crippen LogP contribution in [-0.4, -0.2) is 32.4 Å². The summed E-state index contributed by atoms with van der Waals surface area (Å²) in [5.74, 6) is -0.268. The van der Waals surface area contributed by atoms with Crippen LogP contribution in [0.1, 0.15) is 12.8 Å². The summed E-state index contributed by atoms with van der Waals surface area (Å²) in [4.78, 5) is -0.0465. The van der Waals surface area contributed by atoms with Gasteiger partial charge in [-0.25, -0.2) is 12.8 Å². The van der Waals surface area contributed by atoms with Gasteiger partial charge in [-0.3, -0.25) is 0 Å². The van der Waals surface area contributed by atoms with E-state index in [-0.39, 0.29) is 34.4 Å². The molecule has 114 valence electrons. The van der Waals surface area contributed by atoms with Crippen LogP contribution < -0.4 is 5.73 Å². The average molecular weight is 388 g/mol. The molecule has 1 aliphatic rings. The molecule has 0 amide bonds. The van der Waals surface area contributed by atoms with Gasteiger partial charge >= 0.3 is 0 Å². The van der Waals surface area contributed by atoms with Crippen molar-refractivity contribution < 1.29 is 12.8 Å². The van der Waals surface area contributed by atoms with Gasteiger partial charge < -0.3 is 5.73 Å². The van der Waals surface area contributed by atoms with E-state index in [1.807, 2.05) is 0 Å². The molecule has 4 nitrogen and oxygen atoms in total. The molecule has 8 heteroatoms. The van der Waals surface area contributed by atoms with Crippen LogP contribution in [0, 0.1) is 11.7 Å². The zero-order chi connectivity index (χ0) is 14.2. The first-order valence-electron chi connectivity index (χ1n) is 6.01. The quantitative estimate of drug-likeness (QED) is 0.843. The van der Waals surface area contributed by atoms with Gasteiger partial charge in [0.15, 0.2) is 0 Å². The van der Waals surface area contributed by atoms with E-state index in [4.69, 9.17) is 5.73 Å². The molecule has 0 saturated heterocycles. The number of sulfonamides is 1. The molecule has 0 spiro atoms. The first-order chi connectivity index (χ1) is 8.87. The Hall–Kier alpha value is -0.210. The number of rotatable bonds is 5. The first kappa shape index (κ1) is 17.8. The van der Waals surface area contributed by atoms with Crippen LogP contribution in [0.3, 0.4) is 0 Å². The van der Waals surface area contributed by atoms with Gasteiger partial charge in [0.05, 0.1) is 9.37 Å². The molecular formula is C12H17BrClFN2O2S. The van der Waals surface area contributed by atoms with Crippen LogP contribution in [-0.2, 0) is 10.0 Å². The Bertz CT molecular complexity index is 581. The zero-order valence-electron chi connectivity index (χ0n) is 10.9. The number of nitrogens with two attached hydrogens (primary N) is 1. The molecule has 0 bridgehead atoms. The summed E-state index contributed by atoms with van der Waals surface area (Å²) < 4.78 is 39.8. The minimum Gasteiger partial charge on any atom is -0.329 e.